The molecule has 0 aliphatic carbocycles. The minimum absolute atomic E-state index is 0.427. The van der Waals surface area contributed by atoms with Gasteiger partial charge in [0.2, 0.25) is 0 Å². The summed E-state index contributed by atoms with van der Waals surface area (Å²) in [5.74, 6) is 2.00. The fourth-order valence-electron chi connectivity index (χ4n) is 4.24. The van der Waals surface area contributed by atoms with Crippen LogP contribution in [0.15, 0.2) is 48.5 Å². The van der Waals surface area contributed by atoms with Crippen molar-refractivity contribution in [3.63, 3.8) is 0 Å². The molecule has 0 aliphatic heterocycles. The van der Waals surface area contributed by atoms with Crippen LogP contribution in [-0.4, -0.2) is 4.98 Å². The first-order chi connectivity index (χ1) is 13.3. The van der Waals surface area contributed by atoms with Crippen molar-refractivity contribution in [2.75, 3.05) is 0 Å². The van der Waals surface area contributed by atoms with E-state index in [1.54, 1.807) is 0 Å². The Hall–Kier alpha value is -2.15. The maximum atomic E-state index is 5.02. The maximum Gasteiger partial charge on any atom is 0.0705 e. The summed E-state index contributed by atoms with van der Waals surface area (Å²) in [7, 11) is 0. The van der Waals surface area contributed by atoms with E-state index in [0.29, 0.717) is 23.7 Å². The number of hydrogen-bond donors (Lipinski definition) is 0. The monoisotopic (exact) mass is 373 g/mol. The van der Waals surface area contributed by atoms with E-state index in [2.05, 4.69) is 97.0 Å². The normalized spacial score (nSPS) is 13.1. The van der Waals surface area contributed by atoms with Crippen LogP contribution in [0.3, 0.4) is 0 Å². The van der Waals surface area contributed by atoms with Crippen LogP contribution in [-0.2, 0) is 6.42 Å². The molecule has 0 aliphatic rings. The number of hydrogen-bond acceptors (Lipinski definition) is 1. The second-order valence-electron chi connectivity index (χ2n) is 9.19. The Balaban J connectivity index is 1.98. The summed E-state index contributed by atoms with van der Waals surface area (Å²) in [6, 6.07) is 18.0. The number of aromatic nitrogens is 1. The Bertz CT molecular complexity index is 950. The highest BCUT2D eigenvalue weighted by molar-refractivity contribution is 5.79. The average Bonchev–Trinajstić information content (AvgIpc) is 2.66. The summed E-state index contributed by atoms with van der Waals surface area (Å²) in [5, 5.41) is 1.24. The van der Waals surface area contributed by atoms with Crippen LogP contribution >= 0.6 is 0 Å². The summed E-state index contributed by atoms with van der Waals surface area (Å²) < 4.78 is 0. The summed E-state index contributed by atoms with van der Waals surface area (Å²) in [6.45, 7) is 16.0. The average molecular weight is 374 g/mol. The highest BCUT2D eigenvalue weighted by Crippen LogP contribution is 2.32. The van der Waals surface area contributed by atoms with Crippen molar-refractivity contribution in [3.05, 3.63) is 76.5 Å². The highest BCUT2D eigenvalue weighted by Gasteiger charge is 2.18. The molecule has 28 heavy (non-hydrogen) atoms. The molecule has 0 fully saturated rings. The second-order valence-corrected chi connectivity index (χ2v) is 9.19. The lowest BCUT2D eigenvalue weighted by molar-refractivity contribution is 0.710. The number of nitrogens with zero attached hydrogens (tertiary/aromatic N) is 1. The van der Waals surface area contributed by atoms with Crippen LogP contribution in [0.4, 0.5) is 0 Å². The lowest BCUT2D eigenvalue weighted by atomic mass is 9.85. The summed E-state index contributed by atoms with van der Waals surface area (Å²) in [5.41, 5.74) is 8.16. The first-order valence-corrected chi connectivity index (χ1v) is 10.8. The van der Waals surface area contributed by atoms with E-state index in [0.717, 1.165) is 11.9 Å². The van der Waals surface area contributed by atoms with E-state index in [9.17, 15) is 0 Å². The summed E-state index contributed by atoms with van der Waals surface area (Å²) >= 11 is 0. The number of fused-ring (bicyclic) bond motifs is 1. The molecule has 0 saturated heterocycles. The van der Waals surface area contributed by atoms with Crippen LogP contribution in [0.5, 0.6) is 0 Å². The molecule has 1 heterocycles. The topological polar surface area (TPSA) is 12.9 Å². The molecule has 0 bridgehead atoms. The molecule has 1 aromatic heterocycles. The van der Waals surface area contributed by atoms with Gasteiger partial charge in [0.25, 0.3) is 0 Å². The molecule has 3 aromatic rings. The van der Waals surface area contributed by atoms with Gasteiger partial charge in [-0.05, 0) is 64.5 Å². The minimum atomic E-state index is 0.427. The summed E-state index contributed by atoms with van der Waals surface area (Å²) in [6.07, 6.45) is 1.05. The van der Waals surface area contributed by atoms with Gasteiger partial charge in [-0.25, -0.2) is 0 Å². The quantitative estimate of drug-likeness (QED) is 0.427. The number of benzene rings is 2. The Morgan fingerprint density at radius 3 is 2.00 bits per heavy atom. The van der Waals surface area contributed by atoms with Crippen LogP contribution in [0.2, 0.25) is 0 Å². The van der Waals surface area contributed by atoms with Gasteiger partial charge in [-0.3, -0.25) is 4.98 Å². The molecule has 2 aromatic carbocycles. The fraction of sp³-hybridized carbons (Fsp3) is 0.444. The van der Waals surface area contributed by atoms with E-state index >= 15 is 0 Å². The van der Waals surface area contributed by atoms with Gasteiger partial charge >= 0.3 is 0 Å². The predicted molar refractivity (Wildman–Crippen MR) is 123 cm³/mol. The van der Waals surface area contributed by atoms with Gasteiger partial charge in [-0.2, -0.15) is 0 Å². The van der Waals surface area contributed by atoms with Crippen LogP contribution in [0.25, 0.3) is 10.9 Å². The van der Waals surface area contributed by atoms with Gasteiger partial charge in [0.05, 0.1) is 5.52 Å². The molecule has 0 spiro atoms. The third-order valence-electron chi connectivity index (χ3n) is 5.80. The molecule has 0 radical (unpaired) electrons. The third kappa shape index (κ3) is 4.29. The van der Waals surface area contributed by atoms with Crippen molar-refractivity contribution < 1.29 is 0 Å². The zero-order chi connectivity index (χ0) is 20.4. The van der Waals surface area contributed by atoms with Gasteiger partial charge in [0.1, 0.15) is 0 Å². The van der Waals surface area contributed by atoms with Gasteiger partial charge in [-0.15, -0.1) is 0 Å². The number of para-hydroxylation sites is 1. The zero-order valence-corrected chi connectivity index (χ0v) is 18.6. The molecule has 1 atom stereocenters. The summed E-state index contributed by atoms with van der Waals surface area (Å²) in [4.78, 5) is 5.02. The lowest BCUT2D eigenvalue weighted by Crippen LogP contribution is -2.08. The molecular weight excluding hydrogens is 338 g/mol. The van der Waals surface area contributed by atoms with Crippen molar-refractivity contribution in [1.82, 2.24) is 4.98 Å². The van der Waals surface area contributed by atoms with E-state index in [1.807, 2.05) is 0 Å². The van der Waals surface area contributed by atoms with E-state index in [-0.39, 0.29) is 0 Å². The number of pyridine rings is 1. The van der Waals surface area contributed by atoms with Crippen LogP contribution in [0, 0.1) is 0 Å². The van der Waals surface area contributed by atoms with Crippen LogP contribution in [0.1, 0.15) is 100 Å². The third-order valence-corrected chi connectivity index (χ3v) is 5.80. The Morgan fingerprint density at radius 2 is 1.36 bits per heavy atom. The number of rotatable bonds is 6. The fourth-order valence-corrected chi connectivity index (χ4v) is 4.24. The molecule has 3 rings (SSSR count). The maximum absolute atomic E-state index is 5.02. The zero-order valence-electron chi connectivity index (χ0n) is 18.6. The molecule has 1 nitrogen and oxygen atoms in total. The van der Waals surface area contributed by atoms with E-state index in [1.165, 1.54) is 33.3 Å². The van der Waals surface area contributed by atoms with Crippen molar-refractivity contribution in [1.29, 1.82) is 0 Å². The van der Waals surface area contributed by atoms with Gasteiger partial charge in [0.15, 0.2) is 0 Å². The molecule has 1 unspecified atom stereocenters. The largest absolute Gasteiger partial charge is 0.252 e. The van der Waals surface area contributed by atoms with Gasteiger partial charge < -0.3 is 0 Å². The Labute approximate surface area is 171 Å². The molecule has 148 valence electrons. The highest BCUT2D eigenvalue weighted by atomic mass is 14.7. The lowest BCUT2D eigenvalue weighted by Gasteiger charge is -2.21. The molecule has 0 amide bonds. The van der Waals surface area contributed by atoms with Crippen molar-refractivity contribution in [3.8, 4) is 0 Å². The van der Waals surface area contributed by atoms with Crippen molar-refractivity contribution >= 4 is 10.9 Å². The molecular formula is C27H35N. The first kappa shape index (κ1) is 20.6. The van der Waals surface area contributed by atoms with Crippen molar-refractivity contribution in [2.45, 2.75) is 78.6 Å². The van der Waals surface area contributed by atoms with Crippen molar-refractivity contribution in [2.24, 2.45) is 0 Å². The van der Waals surface area contributed by atoms with Gasteiger partial charge in [-0.1, -0.05) is 84.9 Å². The van der Waals surface area contributed by atoms with Gasteiger partial charge in [0, 0.05) is 11.1 Å². The SMILES string of the molecule is CC(C)c1ccc(CC(C)c2cc3ccccc3nc2C(C)C)cc1C(C)C. The minimum Gasteiger partial charge on any atom is -0.252 e. The standard InChI is InChI=1S/C27H35N/c1-17(2)23-13-12-21(15-24(23)18(3)4)14-20(7)25-16-22-10-8-9-11-26(22)28-27(25)19(5)6/h8-13,15-20H,14H2,1-7H3. The molecule has 0 saturated carbocycles. The first-order valence-electron chi connectivity index (χ1n) is 10.8. The molecule has 0 N–H and O–H groups in total. The van der Waals surface area contributed by atoms with E-state index in [4.69, 9.17) is 4.98 Å². The predicted octanol–water partition coefficient (Wildman–Crippen LogP) is 7.95. The Morgan fingerprint density at radius 1 is 0.679 bits per heavy atom. The van der Waals surface area contributed by atoms with E-state index < -0.39 is 0 Å². The molecule has 1 heteroatoms. The Kier molecular flexibility index (Phi) is 6.23. The second kappa shape index (κ2) is 8.47. The smallest absolute Gasteiger partial charge is 0.0705 e. The van der Waals surface area contributed by atoms with Crippen LogP contribution < -0.4 is 0 Å².